The van der Waals surface area contributed by atoms with E-state index < -0.39 is 16.8 Å². The molecule has 34 heavy (non-hydrogen) atoms. The van der Waals surface area contributed by atoms with E-state index in [9.17, 15) is 20.2 Å². The fourth-order valence-corrected chi connectivity index (χ4v) is 3.71. The smallest absolute Gasteiger partial charge is 0.343 e. The zero-order chi connectivity index (χ0) is 24.2. The number of allylic oxidation sites excluding steroid dienone is 1. The average Bonchev–Trinajstić information content (AvgIpc) is 2.83. The zero-order valence-corrected chi connectivity index (χ0v) is 18.1. The summed E-state index contributed by atoms with van der Waals surface area (Å²) in [6, 6.07) is 19.5. The van der Waals surface area contributed by atoms with Crippen molar-refractivity contribution in [1.82, 2.24) is 0 Å². The van der Waals surface area contributed by atoms with Crippen molar-refractivity contribution in [2.75, 3.05) is 6.61 Å². The molecule has 2 N–H and O–H groups in total. The lowest BCUT2D eigenvalue weighted by Gasteiger charge is -2.27. The summed E-state index contributed by atoms with van der Waals surface area (Å²) in [5.74, 6) is -0.175. The number of hydrogen-bond acceptors (Lipinski definition) is 8. The fourth-order valence-electron chi connectivity index (χ4n) is 3.71. The Morgan fingerprint density at radius 3 is 2.68 bits per heavy atom. The van der Waals surface area contributed by atoms with Crippen LogP contribution in [0.1, 0.15) is 34.3 Å². The molecule has 0 aliphatic carbocycles. The lowest BCUT2D eigenvalue weighted by Crippen LogP contribution is -2.21. The highest BCUT2D eigenvalue weighted by molar-refractivity contribution is 5.91. The van der Waals surface area contributed by atoms with E-state index in [0.717, 1.165) is 11.6 Å². The molecule has 9 nitrogen and oxygen atoms in total. The summed E-state index contributed by atoms with van der Waals surface area (Å²) in [4.78, 5) is 22.9. The van der Waals surface area contributed by atoms with E-state index in [2.05, 4.69) is 6.07 Å². The third kappa shape index (κ3) is 4.38. The van der Waals surface area contributed by atoms with Crippen LogP contribution in [0.2, 0.25) is 0 Å². The van der Waals surface area contributed by atoms with E-state index in [1.165, 1.54) is 24.3 Å². The Labute approximate surface area is 194 Å². The first-order valence-corrected chi connectivity index (χ1v) is 10.3. The van der Waals surface area contributed by atoms with Crippen molar-refractivity contribution in [3.05, 3.63) is 105 Å². The molecule has 1 aliphatic rings. The van der Waals surface area contributed by atoms with Crippen molar-refractivity contribution in [1.29, 1.82) is 5.26 Å². The lowest BCUT2D eigenvalue weighted by atomic mass is 9.83. The van der Waals surface area contributed by atoms with E-state index >= 15 is 0 Å². The summed E-state index contributed by atoms with van der Waals surface area (Å²) in [7, 11) is 0. The van der Waals surface area contributed by atoms with Crippen LogP contribution in [0.4, 0.5) is 5.69 Å². The van der Waals surface area contributed by atoms with Crippen LogP contribution < -0.4 is 19.9 Å². The molecule has 170 valence electrons. The van der Waals surface area contributed by atoms with Gasteiger partial charge in [-0.1, -0.05) is 24.3 Å². The summed E-state index contributed by atoms with van der Waals surface area (Å²) in [6.45, 7) is 2.38. The molecule has 0 spiro atoms. The minimum absolute atomic E-state index is 0.0321. The Hall–Kier alpha value is -4.84. The van der Waals surface area contributed by atoms with Crippen molar-refractivity contribution in [2.45, 2.75) is 12.8 Å². The van der Waals surface area contributed by atoms with Crippen molar-refractivity contribution in [3.63, 3.8) is 0 Å². The van der Waals surface area contributed by atoms with E-state index in [-0.39, 0.29) is 28.5 Å². The number of ether oxygens (including phenoxy) is 3. The number of nitrogens with two attached hydrogens (primary N) is 1. The number of nitriles is 1. The first kappa shape index (κ1) is 22.4. The minimum atomic E-state index is -0.762. The van der Waals surface area contributed by atoms with Crippen LogP contribution in [0, 0.1) is 21.4 Å². The first-order chi connectivity index (χ1) is 16.4. The molecule has 1 aliphatic heterocycles. The van der Waals surface area contributed by atoms with Crippen molar-refractivity contribution in [3.8, 4) is 23.3 Å². The van der Waals surface area contributed by atoms with Gasteiger partial charge >= 0.3 is 5.97 Å². The van der Waals surface area contributed by atoms with Crippen LogP contribution in [0.5, 0.6) is 17.2 Å². The molecule has 0 bridgehead atoms. The van der Waals surface area contributed by atoms with E-state index in [1.54, 1.807) is 12.1 Å². The molecule has 1 atom stereocenters. The van der Waals surface area contributed by atoms with Crippen LogP contribution in [-0.2, 0) is 0 Å². The molecule has 0 saturated carbocycles. The fraction of sp³-hybridized carbons (Fsp3) is 0.120. The highest BCUT2D eigenvalue weighted by atomic mass is 16.6. The van der Waals surface area contributed by atoms with Crippen LogP contribution in [0.15, 0.2) is 78.2 Å². The Morgan fingerprint density at radius 1 is 1.15 bits per heavy atom. The number of carbonyl (C=O) groups excluding carboxylic acids is 1. The number of nitrogens with zero attached hydrogens (tertiary/aromatic N) is 2. The molecule has 1 unspecified atom stereocenters. The largest absolute Gasteiger partial charge is 0.494 e. The third-order valence-corrected chi connectivity index (χ3v) is 5.20. The second-order valence-electron chi connectivity index (χ2n) is 7.33. The normalized spacial score (nSPS) is 14.4. The van der Waals surface area contributed by atoms with Crippen LogP contribution in [-0.4, -0.2) is 17.5 Å². The second-order valence-corrected chi connectivity index (χ2v) is 7.33. The lowest BCUT2D eigenvalue weighted by molar-refractivity contribution is -0.384. The Kier molecular flexibility index (Phi) is 6.14. The average molecular weight is 457 g/mol. The SMILES string of the molecule is CCOc1cccc(C2C(C#N)=C(N)Oc3cc(OC(=O)c4cccc([N+](=O)[O-])c4)ccc32)c1. The Balaban J connectivity index is 1.67. The van der Waals surface area contributed by atoms with E-state index in [1.807, 2.05) is 31.2 Å². The van der Waals surface area contributed by atoms with Crippen LogP contribution >= 0.6 is 0 Å². The van der Waals surface area contributed by atoms with Crippen LogP contribution in [0.3, 0.4) is 0 Å². The maximum Gasteiger partial charge on any atom is 0.343 e. The monoisotopic (exact) mass is 457 g/mol. The molecular formula is C25H19N3O6. The number of fused-ring (bicyclic) bond motifs is 1. The molecule has 0 saturated heterocycles. The van der Waals surface area contributed by atoms with Crippen LogP contribution in [0.25, 0.3) is 0 Å². The number of nitro benzene ring substituents is 1. The zero-order valence-electron chi connectivity index (χ0n) is 18.1. The van der Waals surface area contributed by atoms with Gasteiger partial charge in [0.25, 0.3) is 5.69 Å². The molecule has 4 rings (SSSR count). The van der Waals surface area contributed by atoms with Crippen molar-refractivity contribution in [2.24, 2.45) is 5.73 Å². The minimum Gasteiger partial charge on any atom is -0.494 e. The van der Waals surface area contributed by atoms with Gasteiger partial charge in [0.15, 0.2) is 0 Å². The van der Waals surface area contributed by atoms with Gasteiger partial charge in [0.1, 0.15) is 28.9 Å². The summed E-state index contributed by atoms with van der Waals surface area (Å²) < 4.78 is 16.7. The van der Waals surface area contributed by atoms with Gasteiger partial charge in [-0.15, -0.1) is 0 Å². The van der Waals surface area contributed by atoms with Crippen molar-refractivity contribution < 1.29 is 23.9 Å². The number of nitro groups is 1. The number of non-ortho nitro benzene ring substituents is 1. The number of carbonyl (C=O) groups is 1. The predicted octanol–water partition coefficient (Wildman–Crippen LogP) is 4.43. The van der Waals surface area contributed by atoms with Gasteiger partial charge < -0.3 is 19.9 Å². The maximum atomic E-state index is 12.5. The Morgan fingerprint density at radius 2 is 1.94 bits per heavy atom. The molecular weight excluding hydrogens is 438 g/mol. The van der Waals surface area contributed by atoms with Gasteiger partial charge in [-0.25, -0.2) is 4.79 Å². The Bertz CT molecular complexity index is 1360. The molecule has 0 aromatic heterocycles. The summed E-state index contributed by atoms with van der Waals surface area (Å²) in [6.07, 6.45) is 0. The second kappa shape index (κ2) is 9.34. The quantitative estimate of drug-likeness (QED) is 0.248. The summed E-state index contributed by atoms with van der Waals surface area (Å²) in [5.41, 5.74) is 7.56. The standard InChI is InChI=1S/C25H19N3O6/c1-2-32-18-8-4-5-15(12-18)23-20-10-9-19(13-22(20)34-24(27)21(23)14-26)33-25(29)16-6-3-7-17(11-16)28(30)31/h3-13,23H,2,27H2,1H3. The maximum absolute atomic E-state index is 12.5. The van der Waals surface area contributed by atoms with Gasteiger partial charge in [0.05, 0.1) is 23.0 Å². The molecule has 0 radical (unpaired) electrons. The number of esters is 1. The third-order valence-electron chi connectivity index (χ3n) is 5.20. The topological polar surface area (TPSA) is 138 Å². The van der Waals surface area contributed by atoms with Gasteiger partial charge in [-0.05, 0) is 36.8 Å². The number of rotatable bonds is 6. The van der Waals surface area contributed by atoms with E-state index in [0.29, 0.717) is 23.7 Å². The number of hydrogen-bond donors (Lipinski definition) is 1. The highest BCUT2D eigenvalue weighted by Gasteiger charge is 2.31. The molecule has 9 heteroatoms. The molecule has 0 fully saturated rings. The van der Waals surface area contributed by atoms with Gasteiger partial charge in [-0.2, -0.15) is 5.26 Å². The molecule has 0 amide bonds. The summed E-state index contributed by atoms with van der Waals surface area (Å²) >= 11 is 0. The van der Waals surface area contributed by atoms with E-state index in [4.69, 9.17) is 19.9 Å². The van der Waals surface area contributed by atoms with Gasteiger partial charge in [0, 0.05) is 23.8 Å². The first-order valence-electron chi connectivity index (χ1n) is 10.3. The molecule has 3 aromatic carbocycles. The number of benzene rings is 3. The predicted molar refractivity (Wildman–Crippen MR) is 121 cm³/mol. The van der Waals surface area contributed by atoms with Gasteiger partial charge in [-0.3, -0.25) is 10.1 Å². The molecule has 1 heterocycles. The van der Waals surface area contributed by atoms with Gasteiger partial charge in [0.2, 0.25) is 5.88 Å². The molecule has 3 aromatic rings. The van der Waals surface area contributed by atoms with Crippen molar-refractivity contribution >= 4 is 11.7 Å². The summed E-state index contributed by atoms with van der Waals surface area (Å²) in [5, 5.41) is 20.7. The highest BCUT2D eigenvalue weighted by Crippen LogP contribution is 2.44.